The summed E-state index contributed by atoms with van der Waals surface area (Å²) in [5.74, 6) is -2.61. The van der Waals surface area contributed by atoms with Gasteiger partial charge >= 0.3 is 0 Å². The van der Waals surface area contributed by atoms with Crippen molar-refractivity contribution in [3.05, 3.63) is 63.1 Å². The normalized spacial score (nSPS) is 27.4. The summed E-state index contributed by atoms with van der Waals surface area (Å²) in [4.78, 5) is 28.0. The number of carbonyl (C=O) groups excluding carboxylic acids is 2. The van der Waals surface area contributed by atoms with Gasteiger partial charge in [-0.25, -0.2) is 8.78 Å². The molecule has 1 spiro atoms. The van der Waals surface area contributed by atoms with Crippen LogP contribution in [0, 0.1) is 17.0 Å². The highest BCUT2D eigenvalue weighted by molar-refractivity contribution is 6.31. The monoisotopic (exact) mass is 563 g/mol. The smallest absolute Gasteiger partial charge is 0.238 e. The predicted molar refractivity (Wildman–Crippen MR) is 146 cm³/mol. The molecule has 2 aromatic rings. The van der Waals surface area contributed by atoms with E-state index in [0.717, 1.165) is 32.1 Å². The van der Waals surface area contributed by atoms with Crippen LogP contribution in [-0.4, -0.2) is 29.9 Å². The second-order valence-corrected chi connectivity index (χ2v) is 12.9. The topological polar surface area (TPSA) is 70.2 Å². The molecule has 3 N–H and O–H groups in total. The van der Waals surface area contributed by atoms with Crippen LogP contribution < -0.4 is 16.0 Å². The largest absolute Gasteiger partial charge is 0.352 e. The number of carbonyl (C=O) groups is 2. The first-order chi connectivity index (χ1) is 17.9. The lowest BCUT2D eigenvalue weighted by molar-refractivity contribution is -0.124. The Labute approximate surface area is 232 Å². The zero-order chi connectivity index (χ0) is 27.4. The molecule has 4 unspecified atom stereocenters. The van der Waals surface area contributed by atoms with Crippen molar-refractivity contribution < 1.29 is 18.4 Å². The number of anilines is 1. The fourth-order valence-electron chi connectivity index (χ4n) is 6.68. The summed E-state index contributed by atoms with van der Waals surface area (Å²) in [7, 11) is 0. The zero-order valence-electron chi connectivity index (χ0n) is 21.8. The van der Waals surface area contributed by atoms with Crippen molar-refractivity contribution in [3.63, 3.8) is 0 Å². The number of amides is 2. The highest BCUT2D eigenvalue weighted by Gasteiger charge is 2.66. The number of hydrogen-bond acceptors (Lipinski definition) is 3. The Bertz CT molecular complexity index is 1280. The Morgan fingerprint density at radius 2 is 1.74 bits per heavy atom. The Balaban J connectivity index is 1.70. The highest BCUT2D eigenvalue weighted by atomic mass is 35.5. The van der Waals surface area contributed by atoms with Gasteiger partial charge < -0.3 is 16.0 Å². The van der Waals surface area contributed by atoms with Gasteiger partial charge in [0.05, 0.1) is 16.1 Å². The number of nitrogens with one attached hydrogen (secondary N) is 3. The van der Waals surface area contributed by atoms with Crippen LogP contribution >= 0.6 is 23.2 Å². The molecule has 5 rings (SSSR count). The second kappa shape index (κ2) is 10.1. The third-order valence-electron chi connectivity index (χ3n) is 8.24. The summed E-state index contributed by atoms with van der Waals surface area (Å²) in [6, 6.07) is 5.68. The summed E-state index contributed by atoms with van der Waals surface area (Å²) in [5, 5.41) is 9.39. The molecule has 1 aliphatic carbocycles. The van der Waals surface area contributed by atoms with E-state index in [2.05, 4.69) is 36.7 Å². The van der Waals surface area contributed by atoms with E-state index in [9.17, 15) is 18.4 Å². The summed E-state index contributed by atoms with van der Waals surface area (Å²) >= 11 is 12.3. The average Bonchev–Trinajstić information content (AvgIpc) is 3.31. The Hall–Kier alpha value is -2.22. The van der Waals surface area contributed by atoms with Crippen LogP contribution in [0.25, 0.3) is 0 Å². The van der Waals surface area contributed by atoms with Crippen LogP contribution in [0.3, 0.4) is 0 Å². The van der Waals surface area contributed by atoms with Crippen molar-refractivity contribution in [2.24, 2.45) is 5.41 Å². The third kappa shape index (κ3) is 4.71. The maximum Gasteiger partial charge on any atom is 0.238 e. The summed E-state index contributed by atoms with van der Waals surface area (Å²) < 4.78 is 29.2. The molecule has 5 nitrogen and oxygen atoms in total. The van der Waals surface area contributed by atoms with E-state index in [1.165, 1.54) is 24.3 Å². The number of halogens is 4. The van der Waals surface area contributed by atoms with Crippen LogP contribution in [0.4, 0.5) is 14.5 Å². The molecule has 0 radical (unpaired) electrons. The molecule has 2 aliphatic heterocycles. The van der Waals surface area contributed by atoms with E-state index >= 15 is 0 Å². The summed E-state index contributed by atoms with van der Waals surface area (Å²) in [6.07, 6.45) is 5.55. The highest BCUT2D eigenvalue weighted by Crippen LogP contribution is 2.57. The maximum absolute atomic E-state index is 15.0. The van der Waals surface area contributed by atoms with Gasteiger partial charge in [0, 0.05) is 23.7 Å². The van der Waals surface area contributed by atoms with Gasteiger partial charge in [-0.2, -0.15) is 0 Å². The number of rotatable bonds is 4. The fourth-order valence-corrected chi connectivity index (χ4v) is 7.03. The summed E-state index contributed by atoms with van der Waals surface area (Å²) in [5.41, 5.74) is -0.219. The van der Waals surface area contributed by atoms with Crippen molar-refractivity contribution >= 4 is 40.7 Å². The molecule has 4 atom stereocenters. The molecule has 3 aliphatic rings. The Kier molecular flexibility index (Phi) is 7.25. The van der Waals surface area contributed by atoms with Crippen LogP contribution in [0.2, 0.25) is 10.0 Å². The van der Waals surface area contributed by atoms with Gasteiger partial charge in [-0.1, -0.05) is 69.3 Å². The average molecular weight is 565 g/mol. The zero-order valence-corrected chi connectivity index (χ0v) is 23.3. The van der Waals surface area contributed by atoms with E-state index in [0.29, 0.717) is 23.2 Å². The van der Waals surface area contributed by atoms with Crippen LogP contribution in [0.15, 0.2) is 30.3 Å². The van der Waals surface area contributed by atoms with Crippen molar-refractivity contribution in [2.45, 2.75) is 88.8 Å². The molecule has 1 saturated carbocycles. The van der Waals surface area contributed by atoms with Crippen LogP contribution in [0.1, 0.15) is 76.3 Å². The van der Waals surface area contributed by atoms with Crippen molar-refractivity contribution in [3.8, 4) is 0 Å². The standard InChI is InChI=1S/C29H33Cl2F2N3O2/c1-28(2,3)14-23-29(17-12-21(33)19(31)13-22(17)35-27(29)38)24(15-9-10-20(32)18(30)11-15)25(36-23)26(37)34-16-7-5-4-6-8-16/h9-13,16,23-25,36H,4-8,14H2,1-3H3,(H,34,37)(H,35,38). The van der Waals surface area contributed by atoms with Gasteiger partial charge in [-0.15, -0.1) is 0 Å². The van der Waals surface area contributed by atoms with E-state index in [1.54, 1.807) is 6.07 Å². The van der Waals surface area contributed by atoms with Gasteiger partial charge in [0.2, 0.25) is 11.8 Å². The number of fused-ring (bicyclic) bond motifs is 2. The van der Waals surface area contributed by atoms with Gasteiger partial charge in [0.1, 0.15) is 17.0 Å². The number of benzene rings is 2. The first-order valence-electron chi connectivity index (χ1n) is 13.2. The molecule has 204 valence electrons. The molecule has 2 amide bonds. The second-order valence-electron chi connectivity index (χ2n) is 12.1. The van der Waals surface area contributed by atoms with Gasteiger partial charge in [0.25, 0.3) is 0 Å². The first-order valence-corrected chi connectivity index (χ1v) is 14.0. The summed E-state index contributed by atoms with van der Waals surface area (Å²) in [6.45, 7) is 6.16. The lowest BCUT2D eigenvalue weighted by Crippen LogP contribution is -2.49. The van der Waals surface area contributed by atoms with Crippen LogP contribution in [-0.2, 0) is 15.0 Å². The minimum atomic E-state index is -1.36. The minimum absolute atomic E-state index is 0.0501. The molecular weight excluding hydrogens is 531 g/mol. The van der Waals surface area contributed by atoms with Gasteiger partial charge in [-0.05, 0) is 60.1 Å². The van der Waals surface area contributed by atoms with E-state index in [1.807, 2.05) is 0 Å². The predicted octanol–water partition coefficient (Wildman–Crippen LogP) is 6.47. The lowest BCUT2D eigenvalue weighted by Gasteiger charge is -2.37. The third-order valence-corrected chi connectivity index (χ3v) is 8.82. The van der Waals surface area contributed by atoms with E-state index < -0.39 is 35.1 Å². The van der Waals surface area contributed by atoms with E-state index in [4.69, 9.17) is 23.2 Å². The van der Waals surface area contributed by atoms with Crippen molar-refractivity contribution in [2.75, 3.05) is 5.32 Å². The van der Waals surface area contributed by atoms with Gasteiger partial charge in [-0.3, -0.25) is 9.59 Å². The minimum Gasteiger partial charge on any atom is -0.352 e. The molecule has 2 aromatic carbocycles. The molecule has 38 heavy (non-hydrogen) atoms. The molecule has 2 fully saturated rings. The molecule has 0 bridgehead atoms. The quantitative estimate of drug-likeness (QED) is 0.399. The molecular formula is C29H33Cl2F2N3O2. The molecule has 2 heterocycles. The van der Waals surface area contributed by atoms with E-state index in [-0.39, 0.29) is 33.3 Å². The first kappa shape index (κ1) is 27.4. The van der Waals surface area contributed by atoms with Crippen LogP contribution in [0.5, 0.6) is 0 Å². The molecule has 0 aromatic heterocycles. The van der Waals surface area contributed by atoms with Gasteiger partial charge in [0.15, 0.2) is 0 Å². The van der Waals surface area contributed by atoms with Crippen molar-refractivity contribution in [1.82, 2.24) is 10.6 Å². The fraction of sp³-hybridized carbons (Fsp3) is 0.517. The van der Waals surface area contributed by atoms with Crippen molar-refractivity contribution in [1.29, 1.82) is 0 Å². The Morgan fingerprint density at radius 1 is 1.05 bits per heavy atom. The molecule has 9 heteroatoms. The Morgan fingerprint density at radius 3 is 2.39 bits per heavy atom. The molecule has 1 saturated heterocycles. The maximum atomic E-state index is 15.0. The lowest BCUT2D eigenvalue weighted by atomic mass is 9.62. The number of hydrogen-bond donors (Lipinski definition) is 3. The SMILES string of the molecule is CC(C)(C)CC1NC(C(=O)NC2CCCCC2)C(c2ccc(F)c(Cl)c2)C12C(=O)Nc1cc(Cl)c(F)cc12.